The van der Waals surface area contributed by atoms with E-state index in [4.69, 9.17) is 0 Å². The van der Waals surface area contributed by atoms with Crippen LogP contribution in [0, 0.1) is 5.92 Å². The van der Waals surface area contributed by atoms with Crippen LogP contribution in [-0.4, -0.2) is 0 Å². The Morgan fingerprint density at radius 1 is 1.45 bits per heavy atom. The van der Waals surface area contributed by atoms with Gasteiger partial charge in [-0.15, -0.1) is 0 Å². The normalized spacial score (nSPS) is 21.3. The van der Waals surface area contributed by atoms with E-state index >= 15 is 0 Å². The van der Waals surface area contributed by atoms with E-state index in [1.807, 2.05) is 0 Å². The van der Waals surface area contributed by atoms with E-state index in [9.17, 15) is 0 Å². The van der Waals surface area contributed by atoms with Crippen molar-refractivity contribution in [3.05, 3.63) is 23.8 Å². The molecule has 0 nitrogen and oxygen atoms in total. The van der Waals surface area contributed by atoms with Crippen LogP contribution in [-0.2, 0) is 21.7 Å². The topological polar surface area (TPSA) is 0 Å². The summed E-state index contributed by atoms with van der Waals surface area (Å²) >= 11 is 0. The Morgan fingerprint density at radius 3 is 2.64 bits per heavy atom. The first-order chi connectivity index (χ1) is 4.84. The zero-order valence-electron chi connectivity index (χ0n) is 7.43. The van der Waals surface area contributed by atoms with Crippen LogP contribution in [0.15, 0.2) is 23.8 Å². The zero-order chi connectivity index (χ0) is 7.40. The van der Waals surface area contributed by atoms with Gasteiger partial charge in [0.2, 0.25) is 0 Å². The molecule has 0 fully saturated rings. The molecule has 0 saturated heterocycles. The molecule has 1 atom stereocenters. The Bertz CT molecular complexity index is 156. The van der Waals surface area contributed by atoms with Crippen molar-refractivity contribution >= 4 is 0 Å². The molecule has 0 aromatic carbocycles. The Kier molecular flexibility index (Phi) is 5.90. The maximum absolute atomic E-state index is 2.27. The van der Waals surface area contributed by atoms with E-state index in [1.165, 1.54) is 19.3 Å². The number of hydrogen-bond acceptors (Lipinski definition) is 0. The first-order valence-corrected chi connectivity index (χ1v) is 4.22. The average Bonchev–Trinajstić information content (AvgIpc) is 2.31. The average molecular weight is 184 g/mol. The van der Waals surface area contributed by atoms with Crippen molar-refractivity contribution in [3.63, 3.8) is 0 Å². The molecule has 1 unspecified atom stereocenters. The first-order valence-electron chi connectivity index (χ1n) is 4.22. The van der Waals surface area contributed by atoms with Crippen molar-refractivity contribution in [1.29, 1.82) is 0 Å². The molecule has 0 amide bonds. The summed E-state index contributed by atoms with van der Waals surface area (Å²) in [5.74, 6) is 0.714. The van der Waals surface area contributed by atoms with Gasteiger partial charge in [-0.25, -0.2) is 0 Å². The van der Waals surface area contributed by atoms with Gasteiger partial charge < -0.3 is 0 Å². The van der Waals surface area contributed by atoms with Crippen molar-refractivity contribution in [2.24, 2.45) is 5.92 Å². The summed E-state index contributed by atoms with van der Waals surface area (Å²) in [5.41, 5.74) is 1.61. The van der Waals surface area contributed by atoms with Crippen molar-refractivity contribution < 1.29 is 21.7 Å². The largest absolute Gasteiger partial charge is 0.0776 e. The summed E-state index contributed by atoms with van der Waals surface area (Å²) in [6, 6.07) is 0. The smallest absolute Gasteiger partial charge is 0 e. The minimum atomic E-state index is 0. The fourth-order valence-electron chi connectivity index (χ4n) is 1.31. The fraction of sp³-hybridized carbons (Fsp3) is 0.600. The molecule has 0 aromatic rings. The number of unbranched alkanes of at least 4 members (excludes halogenated alkanes) is 1. The minimum absolute atomic E-state index is 0. The van der Waals surface area contributed by atoms with E-state index in [0.717, 1.165) is 0 Å². The Hall–Kier alpha value is 0.194. The van der Waals surface area contributed by atoms with Crippen LogP contribution >= 0.6 is 0 Å². The summed E-state index contributed by atoms with van der Waals surface area (Å²) in [7, 11) is 0. The van der Waals surface area contributed by atoms with Crippen LogP contribution < -0.4 is 0 Å². The second kappa shape index (κ2) is 5.80. The molecule has 1 aliphatic rings. The Morgan fingerprint density at radius 2 is 2.18 bits per heavy atom. The van der Waals surface area contributed by atoms with Gasteiger partial charge in [0.15, 0.2) is 0 Å². The summed E-state index contributed by atoms with van der Waals surface area (Å²) < 4.78 is 0. The molecule has 0 saturated carbocycles. The molecule has 0 aromatic heterocycles. The van der Waals surface area contributed by atoms with Crippen molar-refractivity contribution in [1.82, 2.24) is 0 Å². The monoisotopic (exact) mass is 184 g/mol. The summed E-state index contributed by atoms with van der Waals surface area (Å²) in [6.07, 6.45) is 10.7. The number of hydrogen-bond donors (Lipinski definition) is 0. The third-order valence-corrected chi connectivity index (χ3v) is 2.11. The molecule has 0 heterocycles. The van der Waals surface area contributed by atoms with Crippen molar-refractivity contribution in [3.8, 4) is 0 Å². The number of rotatable bonds is 3. The number of allylic oxidation sites excluding steroid dienone is 4. The molecular weight excluding hydrogens is 168 g/mol. The molecule has 1 heteroatoms. The fourth-order valence-corrected chi connectivity index (χ4v) is 1.31. The van der Waals surface area contributed by atoms with Gasteiger partial charge in [-0.2, -0.15) is 0 Å². The molecule has 1 aliphatic carbocycles. The van der Waals surface area contributed by atoms with Crippen LogP contribution in [0.5, 0.6) is 0 Å². The maximum Gasteiger partial charge on any atom is 0 e. The summed E-state index contributed by atoms with van der Waals surface area (Å²) in [5, 5.41) is 0. The van der Waals surface area contributed by atoms with Gasteiger partial charge in [0, 0.05) is 21.7 Å². The van der Waals surface area contributed by atoms with Crippen LogP contribution in [0.2, 0.25) is 0 Å². The Balaban J connectivity index is 0.000001000. The molecule has 0 spiro atoms. The molecule has 1 rings (SSSR count). The predicted octanol–water partition coefficient (Wildman–Crippen LogP) is 3.31. The molecule has 11 heavy (non-hydrogen) atoms. The second-order valence-electron chi connectivity index (χ2n) is 3.02. The van der Waals surface area contributed by atoms with Gasteiger partial charge >= 0.3 is 0 Å². The van der Waals surface area contributed by atoms with Crippen LogP contribution in [0.25, 0.3) is 0 Å². The van der Waals surface area contributed by atoms with Gasteiger partial charge in [-0.3, -0.25) is 0 Å². The summed E-state index contributed by atoms with van der Waals surface area (Å²) in [4.78, 5) is 0. The molecule has 60 valence electrons. The first kappa shape index (κ1) is 11.2. The van der Waals surface area contributed by atoms with Crippen LogP contribution in [0.4, 0.5) is 0 Å². The van der Waals surface area contributed by atoms with E-state index < -0.39 is 0 Å². The standard InChI is InChI=1S/C10H16.Ti/c1-3-4-7-10-8-5-6-9(10)2;/h5-6,8-9H,3-4,7H2,1-2H3;. The minimum Gasteiger partial charge on any atom is -0.0776 e. The van der Waals surface area contributed by atoms with E-state index in [2.05, 4.69) is 32.1 Å². The van der Waals surface area contributed by atoms with E-state index in [-0.39, 0.29) is 21.7 Å². The van der Waals surface area contributed by atoms with Crippen LogP contribution in [0.1, 0.15) is 33.1 Å². The quantitative estimate of drug-likeness (QED) is 0.590. The van der Waals surface area contributed by atoms with Gasteiger partial charge in [-0.05, 0) is 18.8 Å². The van der Waals surface area contributed by atoms with Crippen LogP contribution in [0.3, 0.4) is 0 Å². The predicted molar refractivity (Wildman–Crippen MR) is 45.9 cm³/mol. The van der Waals surface area contributed by atoms with Gasteiger partial charge in [0.1, 0.15) is 0 Å². The molecular formula is C10H16Ti. The SMILES string of the molecule is CCCCC1=CC=CC1C.[Ti]. The van der Waals surface area contributed by atoms with Gasteiger partial charge in [0.05, 0.1) is 0 Å². The van der Waals surface area contributed by atoms with Gasteiger partial charge in [0.25, 0.3) is 0 Å². The van der Waals surface area contributed by atoms with Gasteiger partial charge in [-0.1, -0.05) is 44.1 Å². The second-order valence-corrected chi connectivity index (χ2v) is 3.02. The van der Waals surface area contributed by atoms with Crippen molar-refractivity contribution in [2.45, 2.75) is 33.1 Å². The molecule has 0 bridgehead atoms. The van der Waals surface area contributed by atoms with E-state index in [0.29, 0.717) is 5.92 Å². The third-order valence-electron chi connectivity index (χ3n) is 2.11. The van der Waals surface area contributed by atoms with Crippen molar-refractivity contribution in [2.75, 3.05) is 0 Å². The third kappa shape index (κ3) is 3.40. The summed E-state index contributed by atoms with van der Waals surface area (Å²) in [6.45, 7) is 4.51. The zero-order valence-corrected chi connectivity index (χ0v) is 8.99. The molecule has 0 aliphatic heterocycles. The molecule has 0 radical (unpaired) electrons. The van der Waals surface area contributed by atoms with E-state index in [1.54, 1.807) is 5.57 Å². The molecule has 0 N–H and O–H groups in total. The Labute approximate surface area is 84.6 Å². The maximum atomic E-state index is 2.27.